The molecule has 1 aromatic heterocycles. The van der Waals surface area contributed by atoms with Gasteiger partial charge in [0.1, 0.15) is 0 Å². The van der Waals surface area contributed by atoms with E-state index in [2.05, 4.69) is 18.3 Å². The number of aliphatic hydroxyl groups excluding tert-OH is 1. The minimum absolute atomic E-state index is 0.277. The van der Waals surface area contributed by atoms with Crippen LogP contribution in [0.4, 0.5) is 0 Å². The fourth-order valence-corrected chi connectivity index (χ4v) is 2.11. The quantitative estimate of drug-likeness (QED) is 0.751. The Morgan fingerprint density at radius 3 is 2.93 bits per heavy atom. The second kappa shape index (κ2) is 6.82. The van der Waals surface area contributed by atoms with Crippen molar-refractivity contribution in [3.05, 3.63) is 17.0 Å². The number of thiophene rings is 1. The van der Waals surface area contributed by atoms with Gasteiger partial charge in [-0.05, 0) is 31.9 Å². The third-order valence-corrected chi connectivity index (χ3v) is 3.30. The van der Waals surface area contributed by atoms with Crippen LogP contribution >= 0.6 is 11.3 Å². The van der Waals surface area contributed by atoms with Crippen LogP contribution < -0.4 is 10.1 Å². The summed E-state index contributed by atoms with van der Waals surface area (Å²) in [6.07, 6.45) is 1.88. The Hall–Kier alpha value is -0.580. The highest BCUT2D eigenvalue weighted by atomic mass is 32.1. The first kappa shape index (κ1) is 12.5. The molecule has 0 spiro atoms. The van der Waals surface area contributed by atoms with E-state index in [-0.39, 0.29) is 6.61 Å². The van der Waals surface area contributed by atoms with Crippen LogP contribution in [0.2, 0.25) is 0 Å². The second-order valence-electron chi connectivity index (χ2n) is 3.57. The van der Waals surface area contributed by atoms with Gasteiger partial charge in [0.2, 0.25) is 0 Å². The zero-order chi connectivity index (χ0) is 11.1. The van der Waals surface area contributed by atoms with E-state index >= 15 is 0 Å². The molecule has 1 heterocycles. The summed E-state index contributed by atoms with van der Waals surface area (Å²) < 4.78 is 5.12. The van der Waals surface area contributed by atoms with E-state index in [9.17, 15) is 0 Å². The molecule has 4 heteroatoms. The second-order valence-corrected chi connectivity index (χ2v) is 4.70. The molecule has 15 heavy (non-hydrogen) atoms. The van der Waals surface area contributed by atoms with Gasteiger partial charge in [-0.3, -0.25) is 0 Å². The standard InChI is InChI=1S/C11H19NO2S/c1-9(4-3-7-13)12-8-10-5-6-11(14-2)15-10/h5-6,9,12-13H,3-4,7-8H2,1-2H3. The SMILES string of the molecule is COc1ccc(CNC(C)CCCO)s1. The smallest absolute Gasteiger partial charge is 0.173 e. The van der Waals surface area contributed by atoms with E-state index < -0.39 is 0 Å². The van der Waals surface area contributed by atoms with E-state index in [0.29, 0.717) is 6.04 Å². The molecule has 0 saturated heterocycles. The Kier molecular flexibility index (Phi) is 5.68. The lowest BCUT2D eigenvalue weighted by Gasteiger charge is -2.11. The van der Waals surface area contributed by atoms with Crippen LogP contribution in [-0.2, 0) is 6.54 Å². The molecular weight excluding hydrogens is 210 g/mol. The average Bonchev–Trinajstić information content (AvgIpc) is 2.71. The third-order valence-electron chi connectivity index (χ3n) is 2.26. The number of nitrogens with one attached hydrogen (secondary N) is 1. The number of methoxy groups -OCH3 is 1. The number of rotatable bonds is 7. The molecule has 0 aliphatic carbocycles. The van der Waals surface area contributed by atoms with Crippen molar-refractivity contribution in [2.75, 3.05) is 13.7 Å². The molecule has 86 valence electrons. The van der Waals surface area contributed by atoms with Crippen molar-refractivity contribution in [3.8, 4) is 5.06 Å². The van der Waals surface area contributed by atoms with E-state index in [1.807, 2.05) is 6.07 Å². The van der Waals surface area contributed by atoms with Crippen LogP contribution in [0.1, 0.15) is 24.6 Å². The van der Waals surface area contributed by atoms with E-state index in [1.54, 1.807) is 18.4 Å². The summed E-state index contributed by atoms with van der Waals surface area (Å²) in [6.45, 7) is 3.29. The monoisotopic (exact) mass is 229 g/mol. The molecule has 0 fully saturated rings. The minimum Gasteiger partial charge on any atom is -0.487 e. The summed E-state index contributed by atoms with van der Waals surface area (Å²) in [5, 5.41) is 13.1. The Morgan fingerprint density at radius 2 is 2.33 bits per heavy atom. The molecule has 0 radical (unpaired) electrons. The molecule has 0 bridgehead atoms. The highest BCUT2D eigenvalue weighted by Crippen LogP contribution is 2.23. The Morgan fingerprint density at radius 1 is 1.53 bits per heavy atom. The molecule has 1 rings (SSSR count). The van der Waals surface area contributed by atoms with Gasteiger partial charge in [-0.2, -0.15) is 0 Å². The Balaban J connectivity index is 2.24. The van der Waals surface area contributed by atoms with Gasteiger partial charge >= 0.3 is 0 Å². The predicted molar refractivity (Wildman–Crippen MR) is 63.5 cm³/mol. The zero-order valence-electron chi connectivity index (χ0n) is 9.32. The fraction of sp³-hybridized carbons (Fsp3) is 0.636. The molecule has 1 atom stereocenters. The summed E-state index contributed by atoms with van der Waals surface area (Å²) in [5.41, 5.74) is 0. The molecule has 2 N–H and O–H groups in total. The van der Waals surface area contributed by atoms with Crippen molar-refractivity contribution in [1.29, 1.82) is 0 Å². The molecule has 0 aliphatic heterocycles. The van der Waals surface area contributed by atoms with Gasteiger partial charge in [0, 0.05) is 24.1 Å². The van der Waals surface area contributed by atoms with Crippen LogP contribution in [0.25, 0.3) is 0 Å². The van der Waals surface area contributed by atoms with E-state index in [0.717, 1.165) is 24.4 Å². The molecule has 0 aromatic carbocycles. The first-order valence-electron chi connectivity index (χ1n) is 5.23. The first-order chi connectivity index (χ1) is 7.26. The van der Waals surface area contributed by atoms with Crippen molar-refractivity contribution >= 4 is 11.3 Å². The topological polar surface area (TPSA) is 41.5 Å². The van der Waals surface area contributed by atoms with Gasteiger partial charge in [0.15, 0.2) is 5.06 Å². The molecule has 0 aliphatic rings. The van der Waals surface area contributed by atoms with E-state index in [4.69, 9.17) is 9.84 Å². The van der Waals surface area contributed by atoms with Crippen molar-refractivity contribution < 1.29 is 9.84 Å². The Labute approximate surface area is 95.1 Å². The van der Waals surface area contributed by atoms with Gasteiger partial charge in [0.25, 0.3) is 0 Å². The zero-order valence-corrected chi connectivity index (χ0v) is 10.1. The number of hydrogen-bond donors (Lipinski definition) is 2. The molecule has 0 saturated carbocycles. The number of aliphatic hydroxyl groups is 1. The van der Waals surface area contributed by atoms with Crippen molar-refractivity contribution in [1.82, 2.24) is 5.32 Å². The number of hydrogen-bond acceptors (Lipinski definition) is 4. The van der Waals surface area contributed by atoms with Gasteiger partial charge in [-0.25, -0.2) is 0 Å². The summed E-state index contributed by atoms with van der Waals surface area (Å²) in [5.74, 6) is 0. The van der Waals surface area contributed by atoms with E-state index in [1.165, 1.54) is 4.88 Å². The largest absolute Gasteiger partial charge is 0.487 e. The highest BCUT2D eigenvalue weighted by Gasteiger charge is 2.03. The summed E-state index contributed by atoms with van der Waals surface area (Å²) in [6, 6.07) is 4.51. The van der Waals surface area contributed by atoms with Crippen LogP contribution in [-0.4, -0.2) is 24.9 Å². The Bertz CT molecular complexity index is 275. The summed E-state index contributed by atoms with van der Waals surface area (Å²) in [4.78, 5) is 1.28. The van der Waals surface area contributed by atoms with Crippen LogP contribution in [0.15, 0.2) is 12.1 Å². The van der Waals surface area contributed by atoms with Crippen molar-refractivity contribution in [2.24, 2.45) is 0 Å². The molecular formula is C11H19NO2S. The summed E-state index contributed by atoms with van der Waals surface area (Å²) >= 11 is 1.66. The maximum absolute atomic E-state index is 8.69. The van der Waals surface area contributed by atoms with Crippen LogP contribution in [0.5, 0.6) is 5.06 Å². The van der Waals surface area contributed by atoms with Gasteiger partial charge in [-0.1, -0.05) is 0 Å². The fourth-order valence-electron chi connectivity index (χ4n) is 1.34. The van der Waals surface area contributed by atoms with Crippen molar-refractivity contribution in [2.45, 2.75) is 32.4 Å². The lowest BCUT2D eigenvalue weighted by molar-refractivity contribution is 0.276. The lowest BCUT2D eigenvalue weighted by atomic mass is 10.2. The predicted octanol–water partition coefficient (Wildman–Crippen LogP) is 2.01. The lowest BCUT2D eigenvalue weighted by Crippen LogP contribution is -2.25. The third kappa shape index (κ3) is 4.64. The average molecular weight is 229 g/mol. The number of ether oxygens (including phenoxy) is 1. The van der Waals surface area contributed by atoms with Crippen LogP contribution in [0, 0.1) is 0 Å². The normalized spacial score (nSPS) is 12.7. The first-order valence-corrected chi connectivity index (χ1v) is 6.05. The maximum Gasteiger partial charge on any atom is 0.173 e. The van der Waals surface area contributed by atoms with Gasteiger partial charge in [-0.15, -0.1) is 11.3 Å². The van der Waals surface area contributed by atoms with Gasteiger partial charge in [0.05, 0.1) is 7.11 Å². The van der Waals surface area contributed by atoms with Crippen molar-refractivity contribution in [3.63, 3.8) is 0 Å². The minimum atomic E-state index is 0.277. The molecule has 0 amide bonds. The molecule has 1 unspecified atom stereocenters. The highest BCUT2D eigenvalue weighted by molar-refractivity contribution is 7.13. The maximum atomic E-state index is 8.69. The molecule has 3 nitrogen and oxygen atoms in total. The van der Waals surface area contributed by atoms with Gasteiger partial charge < -0.3 is 15.2 Å². The van der Waals surface area contributed by atoms with Crippen LogP contribution in [0.3, 0.4) is 0 Å². The molecule has 1 aromatic rings. The summed E-state index contributed by atoms with van der Waals surface area (Å²) in [7, 11) is 1.69.